The Morgan fingerprint density at radius 1 is 1.03 bits per heavy atom. The average molecular weight is 463 g/mol. The molecule has 0 bridgehead atoms. The van der Waals surface area contributed by atoms with Gasteiger partial charge in [0.05, 0.1) is 21.7 Å². The van der Waals surface area contributed by atoms with E-state index in [1.54, 1.807) is 12.1 Å². The number of phenolic OH excluding ortho intramolecular Hbond substituents is 2. The fourth-order valence-electron chi connectivity index (χ4n) is 2.49. The highest BCUT2D eigenvalue weighted by Crippen LogP contribution is 2.29. The Morgan fingerprint density at radius 2 is 1.81 bits per heavy atom. The van der Waals surface area contributed by atoms with Gasteiger partial charge in [-0.05, 0) is 54.1 Å². The van der Waals surface area contributed by atoms with Crippen LogP contribution in [0, 0.1) is 10.1 Å². The van der Waals surface area contributed by atoms with Gasteiger partial charge in [-0.2, -0.15) is 5.10 Å². The minimum absolute atomic E-state index is 0.0500. The number of nitro benzene ring substituents is 1. The van der Waals surface area contributed by atoms with Crippen molar-refractivity contribution < 1.29 is 23.6 Å². The number of hydrogen-bond donors (Lipinski definition) is 4. The summed E-state index contributed by atoms with van der Waals surface area (Å²) in [6.07, 6.45) is 1.26. The lowest BCUT2D eigenvalue weighted by atomic mass is 10.2. The first-order valence-electron chi connectivity index (χ1n) is 8.53. The van der Waals surface area contributed by atoms with Crippen molar-refractivity contribution >= 4 is 44.9 Å². The van der Waals surface area contributed by atoms with E-state index in [-0.39, 0.29) is 27.8 Å². The summed E-state index contributed by atoms with van der Waals surface area (Å²) < 4.78 is 27.5. The molecule has 4 N–H and O–H groups in total. The molecule has 0 saturated carbocycles. The lowest BCUT2D eigenvalue weighted by Gasteiger charge is -2.09. The minimum atomic E-state index is -4.11. The fourth-order valence-corrected chi connectivity index (χ4v) is 3.75. The summed E-state index contributed by atoms with van der Waals surface area (Å²) in [5.41, 5.74) is 2.52. The second-order valence-electron chi connectivity index (χ2n) is 6.17. The van der Waals surface area contributed by atoms with Crippen molar-refractivity contribution in [2.24, 2.45) is 5.10 Å². The van der Waals surface area contributed by atoms with Crippen LogP contribution in [0.5, 0.6) is 11.5 Å². The topological polar surface area (TPSA) is 154 Å². The summed E-state index contributed by atoms with van der Waals surface area (Å²) in [5, 5.41) is 34.4. The van der Waals surface area contributed by atoms with Gasteiger partial charge in [-0.1, -0.05) is 17.7 Å². The molecule has 0 unspecified atom stereocenters. The molecule has 3 aromatic carbocycles. The van der Waals surface area contributed by atoms with Gasteiger partial charge in [0, 0.05) is 11.1 Å². The Labute approximate surface area is 181 Å². The predicted molar refractivity (Wildman–Crippen MR) is 116 cm³/mol. The first kappa shape index (κ1) is 21.9. The quantitative estimate of drug-likeness (QED) is 0.179. The van der Waals surface area contributed by atoms with Crippen molar-refractivity contribution in [1.82, 2.24) is 0 Å². The highest BCUT2D eigenvalue weighted by atomic mass is 35.5. The SMILES string of the molecule is O=[N+]([O-])c1cc(S(=O)(=O)Nc2cccc(Cl)c2)ccc1N/N=C/c1ccc(O)c(O)c1. The molecule has 31 heavy (non-hydrogen) atoms. The third-order valence-electron chi connectivity index (χ3n) is 3.95. The zero-order chi connectivity index (χ0) is 22.6. The number of aromatic hydroxyl groups is 2. The molecule has 0 spiro atoms. The summed E-state index contributed by atoms with van der Waals surface area (Å²) in [5.74, 6) is -0.652. The number of nitrogens with zero attached hydrogens (tertiary/aromatic N) is 2. The molecule has 3 rings (SSSR count). The fraction of sp³-hybridized carbons (Fsp3) is 0. The lowest BCUT2D eigenvalue weighted by Crippen LogP contribution is -2.13. The van der Waals surface area contributed by atoms with Crippen molar-refractivity contribution in [3.05, 3.63) is 81.4 Å². The van der Waals surface area contributed by atoms with Gasteiger partial charge < -0.3 is 10.2 Å². The number of hydrogen-bond acceptors (Lipinski definition) is 8. The molecule has 0 radical (unpaired) electrons. The van der Waals surface area contributed by atoms with Crippen LogP contribution in [-0.4, -0.2) is 29.8 Å². The third kappa shape index (κ3) is 5.41. The van der Waals surface area contributed by atoms with E-state index < -0.39 is 20.6 Å². The molecule has 12 heteroatoms. The van der Waals surface area contributed by atoms with Gasteiger partial charge in [0.1, 0.15) is 5.69 Å². The van der Waals surface area contributed by atoms with Crippen LogP contribution in [0.1, 0.15) is 5.56 Å². The van der Waals surface area contributed by atoms with Crippen LogP contribution < -0.4 is 10.1 Å². The van der Waals surface area contributed by atoms with Crippen molar-refractivity contribution in [2.45, 2.75) is 4.90 Å². The van der Waals surface area contributed by atoms with Crippen molar-refractivity contribution in [3.63, 3.8) is 0 Å². The number of nitro groups is 1. The lowest BCUT2D eigenvalue weighted by molar-refractivity contribution is -0.384. The summed E-state index contributed by atoms with van der Waals surface area (Å²) in [6, 6.07) is 13.3. The van der Waals surface area contributed by atoms with Crippen molar-refractivity contribution in [3.8, 4) is 11.5 Å². The van der Waals surface area contributed by atoms with Crippen molar-refractivity contribution in [1.29, 1.82) is 0 Å². The van der Waals surface area contributed by atoms with Gasteiger partial charge >= 0.3 is 0 Å². The van der Waals surface area contributed by atoms with Crippen LogP contribution in [0.2, 0.25) is 5.02 Å². The van der Waals surface area contributed by atoms with Crippen LogP contribution in [0.4, 0.5) is 17.1 Å². The van der Waals surface area contributed by atoms with E-state index in [0.29, 0.717) is 10.6 Å². The van der Waals surface area contributed by atoms with Gasteiger partial charge in [-0.15, -0.1) is 0 Å². The largest absolute Gasteiger partial charge is 0.504 e. The van der Waals surface area contributed by atoms with Crippen LogP contribution in [-0.2, 0) is 10.0 Å². The number of sulfonamides is 1. The number of phenols is 2. The van der Waals surface area contributed by atoms with Crippen LogP contribution >= 0.6 is 11.6 Å². The zero-order valence-electron chi connectivity index (χ0n) is 15.6. The molecule has 0 aromatic heterocycles. The molecule has 0 aliphatic carbocycles. The standard InChI is InChI=1S/C19H15ClN4O6S/c20-13-2-1-3-14(9-13)23-31(29,30)15-5-6-16(17(10-15)24(27)28)22-21-11-12-4-7-18(25)19(26)8-12/h1-11,22-23,25-26H/b21-11+. The molecule has 0 aliphatic heterocycles. The average Bonchev–Trinajstić information content (AvgIpc) is 2.70. The van der Waals surface area contributed by atoms with Gasteiger partial charge in [0.25, 0.3) is 15.7 Å². The van der Waals surface area contributed by atoms with Crippen LogP contribution in [0.15, 0.2) is 70.7 Å². The molecule has 0 fully saturated rings. The molecule has 10 nitrogen and oxygen atoms in total. The van der Waals surface area contributed by atoms with E-state index in [1.165, 1.54) is 48.7 Å². The Bertz CT molecular complexity index is 1280. The smallest absolute Gasteiger partial charge is 0.295 e. The van der Waals surface area contributed by atoms with E-state index in [1.807, 2.05) is 0 Å². The van der Waals surface area contributed by atoms with Crippen molar-refractivity contribution in [2.75, 3.05) is 10.1 Å². The Kier molecular flexibility index (Phi) is 6.28. The molecule has 160 valence electrons. The Morgan fingerprint density at radius 3 is 2.48 bits per heavy atom. The Hall–Kier alpha value is -3.83. The van der Waals surface area contributed by atoms with Gasteiger partial charge in [0.2, 0.25) is 0 Å². The first-order valence-corrected chi connectivity index (χ1v) is 10.4. The summed E-state index contributed by atoms with van der Waals surface area (Å²) >= 11 is 5.84. The van der Waals surface area contributed by atoms with Crippen LogP contribution in [0.25, 0.3) is 0 Å². The van der Waals surface area contributed by atoms with Crippen LogP contribution in [0.3, 0.4) is 0 Å². The molecule has 0 amide bonds. The molecule has 0 aliphatic rings. The number of halogens is 1. The molecular formula is C19H15ClN4O6S. The predicted octanol–water partition coefficient (Wildman–Crippen LogP) is 3.91. The molecule has 0 saturated heterocycles. The Balaban J connectivity index is 1.84. The van der Waals surface area contributed by atoms with E-state index in [2.05, 4.69) is 15.2 Å². The number of rotatable bonds is 7. The summed E-state index contributed by atoms with van der Waals surface area (Å²) in [7, 11) is -4.11. The van der Waals surface area contributed by atoms with E-state index in [4.69, 9.17) is 11.6 Å². The number of hydrazone groups is 1. The molecule has 0 atom stereocenters. The number of anilines is 2. The summed E-state index contributed by atoms with van der Waals surface area (Å²) in [4.78, 5) is 10.4. The number of benzene rings is 3. The summed E-state index contributed by atoms with van der Waals surface area (Å²) in [6.45, 7) is 0. The number of nitrogens with one attached hydrogen (secondary N) is 2. The molecular weight excluding hydrogens is 448 g/mol. The monoisotopic (exact) mass is 462 g/mol. The van der Waals surface area contributed by atoms with Gasteiger partial charge in [0.15, 0.2) is 11.5 Å². The second kappa shape index (κ2) is 8.90. The van der Waals surface area contributed by atoms with E-state index in [0.717, 1.165) is 6.07 Å². The molecule has 3 aromatic rings. The van der Waals surface area contributed by atoms with E-state index in [9.17, 15) is 28.7 Å². The maximum Gasteiger partial charge on any atom is 0.295 e. The molecule has 0 heterocycles. The highest BCUT2D eigenvalue weighted by molar-refractivity contribution is 7.92. The normalized spacial score (nSPS) is 11.4. The maximum absolute atomic E-state index is 12.6. The first-order chi connectivity index (χ1) is 14.7. The second-order valence-corrected chi connectivity index (χ2v) is 8.29. The minimum Gasteiger partial charge on any atom is -0.504 e. The highest BCUT2D eigenvalue weighted by Gasteiger charge is 2.21. The maximum atomic E-state index is 12.6. The van der Waals surface area contributed by atoms with Gasteiger partial charge in [-0.25, -0.2) is 8.42 Å². The van der Waals surface area contributed by atoms with E-state index >= 15 is 0 Å². The third-order valence-corrected chi connectivity index (χ3v) is 5.57. The van der Waals surface area contributed by atoms with Gasteiger partial charge in [-0.3, -0.25) is 20.3 Å². The zero-order valence-corrected chi connectivity index (χ0v) is 17.1.